The molecule has 3 aromatic rings. The summed E-state index contributed by atoms with van der Waals surface area (Å²) in [6.45, 7) is 1.57. The van der Waals surface area contributed by atoms with E-state index in [1.807, 2.05) is 36.4 Å². The molecule has 0 atom stereocenters. The van der Waals surface area contributed by atoms with Crippen LogP contribution in [-0.4, -0.2) is 46.5 Å². The summed E-state index contributed by atoms with van der Waals surface area (Å²) in [5, 5.41) is 4.70. The second-order valence-electron chi connectivity index (χ2n) is 6.69. The van der Waals surface area contributed by atoms with Crippen molar-refractivity contribution in [1.29, 1.82) is 0 Å². The lowest BCUT2D eigenvalue weighted by Crippen LogP contribution is -2.27. The van der Waals surface area contributed by atoms with Gasteiger partial charge in [-0.1, -0.05) is 35.9 Å². The number of hydrogen-bond donors (Lipinski definition) is 1. The first-order valence-corrected chi connectivity index (χ1v) is 11.1. The van der Waals surface area contributed by atoms with E-state index in [0.29, 0.717) is 16.8 Å². The van der Waals surface area contributed by atoms with Gasteiger partial charge in [0.05, 0.1) is 18.2 Å². The van der Waals surface area contributed by atoms with Crippen molar-refractivity contribution in [3.05, 3.63) is 71.6 Å². The summed E-state index contributed by atoms with van der Waals surface area (Å²) >= 11 is 17.6. The molecular weight excluding hydrogens is 457 g/mol. The highest BCUT2D eigenvalue weighted by atomic mass is 35.5. The molecule has 0 aliphatic heterocycles. The zero-order valence-corrected chi connectivity index (χ0v) is 19.0. The zero-order valence-electron chi connectivity index (χ0n) is 16.7. The van der Waals surface area contributed by atoms with E-state index >= 15 is 0 Å². The number of imidazole rings is 1. The maximum absolute atomic E-state index is 12.2. The van der Waals surface area contributed by atoms with E-state index in [1.54, 1.807) is 35.4 Å². The number of alkyl halides is 2. The van der Waals surface area contributed by atoms with Gasteiger partial charge >= 0.3 is 0 Å². The van der Waals surface area contributed by atoms with Crippen LogP contribution in [0.15, 0.2) is 66.2 Å². The van der Waals surface area contributed by atoms with Gasteiger partial charge in [-0.05, 0) is 29.8 Å². The van der Waals surface area contributed by atoms with Crippen molar-refractivity contribution in [3.63, 3.8) is 0 Å². The van der Waals surface area contributed by atoms with Crippen LogP contribution >= 0.6 is 34.8 Å². The Bertz CT molecular complexity index is 997. The Balaban J connectivity index is 1.52. The molecule has 1 heterocycles. The number of carbonyl (C=O) groups is 1. The highest BCUT2D eigenvalue weighted by Crippen LogP contribution is 2.19. The summed E-state index contributed by atoms with van der Waals surface area (Å²) in [6, 6.07) is 15.2. The van der Waals surface area contributed by atoms with E-state index < -0.39 is 0 Å². The molecule has 6 nitrogen and oxygen atoms in total. The van der Waals surface area contributed by atoms with Gasteiger partial charge in [0.25, 0.3) is 5.91 Å². The summed E-state index contributed by atoms with van der Waals surface area (Å²) in [7, 11) is 0. The standard InChI is InChI=1S/C22H22Cl3N5O/c23-9-11-30(12-10-24)20-7-1-17(2-8-20)13-27-28-22(31)15-29-14-21(26-16-29)18-3-5-19(25)6-4-18/h1-8,13-14,16H,9-12,15H2,(H,28,31)/b27-13-. The molecule has 0 spiro atoms. The number of halogens is 3. The van der Waals surface area contributed by atoms with Crippen LogP contribution in [-0.2, 0) is 11.3 Å². The molecule has 3 rings (SSSR count). The van der Waals surface area contributed by atoms with Gasteiger partial charge in [-0.2, -0.15) is 5.10 Å². The van der Waals surface area contributed by atoms with E-state index in [4.69, 9.17) is 34.8 Å². The fraction of sp³-hybridized carbons (Fsp3) is 0.227. The van der Waals surface area contributed by atoms with Crippen molar-refractivity contribution in [2.75, 3.05) is 29.7 Å². The minimum absolute atomic E-state index is 0.114. The first-order valence-electron chi connectivity index (χ1n) is 9.65. The zero-order chi connectivity index (χ0) is 22.1. The number of benzene rings is 2. The van der Waals surface area contributed by atoms with E-state index in [2.05, 4.69) is 20.4 Å². The topological polar surface area (TPSA) is 62.5 Å². The molecule has 9 heteroatoms. The van der Waals surface area contributed by atoms with Gasteiger partial charge in [0, 0.05) is 47.3 Å². The summed E-state index contributed by atoms with van der Waals surface area (Å²) in [6.07, 6.45) is 5.01. The van der Waals surface area contributed by atoms with E-state index in [-0.39, 0.29) is 12.5 Å². The van der Waals surface area contributed by atoms with Crippen molar-refractivity contribution in [2.24, 2.45) is 5.10 Å². The van der Waals surface area contributed by atoms with Crippen molar-refractivity contribution >= 4 is 52.6 Å². The third kappa shape index (κ3) is 6.99. The molecule has 31 heavy (non-hydrogen) atoms. The maximum Gasteiger partial charge on any atom is 0.260 e. The monoisotopic (exact) mass is 477 g/mol. The smallest absolute Gasteiger partial charge is 0.260 e. The molecule has 0 aliphatic rings. The molecule has 0 radical (unpaired) electrons. The number of nitrogens with zero attached hydrogens (tertiary/aromatic N) is 4. The Morgan fingerprint density at radius 2 is 1.74 bits per heavy atom. The fourth-order valence-corrected chi connectivity index (χ4v) is 3.48. The Kier molecular flexibility index (Phi) is 8.76. The van der Waals surface area contributed by atoms with Gasteiger partial charge in [0.1, 0.15) is 6.54 Å². The molecule has 0 aliphatic carbocycles. The Morgan fingerprint density at radius 3 is 2.39 bits per heavy atom. The Labute approximate surface area is 196 Å². The van der Waals surface area contributed by atoms with Crippen molar-refractivity contribution in [2.45, 2.75) is 6.54 Å². The van der Waals surface area contributed by atoms with Crippen LogP contribution in [0.25, 0.3) is 11.3 Å². The summed E-state index contributed by atoms with van der Waals surface area (Å²) in [5.74, 6) is 0.817. The van der Waals surface area contributed by atoms with Crippen molar-refractivity contribution in [3.8, 4) is 11.3 Å². The van der Waals surface area contributed by atoms with Crippen LogP contribution in [0, 0.1) is 0 Å². The average molecular weight is 479 g/mol. The van der Waals surface area contributed by atoms with Crippen LogP contribution in [0.4, 0.5) is 5.69 Å². The van der Waals surface area contributed by atoms with Gasteiger partial charge < -0.3 is 9.47 Å². The van der Waals surface area contributed by atoms with E-state index in [1.165, 1.54) is 0 Å². The van der Waals surface area contributed by atoms with Crippen LogP contribution in [0.3, 0.4) is 0 Å². The second-order valence-corrected chi connectivity index (χ2v) is 7.88. The Morgan fingerprint density at radius 1 is 1.06 bits per heavy atom. The lowest BCUT2D eigenvalue weighted by Gasteiger charge is -2.22. The van der Waals surface area contributed by atoms with Crippen LogP contribution in [0.5, 0.6) is 0 Å². The third-order valence-corrected chi connectivity index (χ3v) is 5.06. The molecule has 162 valence electrons. The third-order valence-electron chi connectivity index (χ3n) is 4.47. The molecule has 0 saturated heterocycles. The number of rotatable bonds is 10. The number of anilines is 1. The molecule has 0 bridgehead atoms. The predicted molar refractivity (Wildman–Crippen MR) is 129 cm³/mol. The predicted octanol–water partition coefficient (Wildman–Crippen LogP) is 4.64. The van der Waals surface area contributed by atoms with Crippen molar-refractivity contribution < 1.29 is 4.79 Å². The van der Waals surface area contributed by atoms with Gasteiger partial charge in [-0.15, -0.1) is 23.2 Å². The van der Waals surface area contributed by atoms with E-state index in [9.17, 15) is 4.79 Å². The highest BCUT2D eigenvalue weighted by molar-refractivity contribution is 6.30. The first-order chi connectivity index (χ1) is 15.1. The molecular formula is C22H22Cl3N5O. The van der Waals surface area contributed by atoms with Gasteiger partial charge in [0.2, 0.25) is 0 Å². The molecule has 0 fully saturated rings. The molecule has 2 aromatic carbocycles. The maximum atomic E-state index is 12.2. The summed E-state index contributed by atoms with van der Waals surface area (Å²) < 4.78 is 1.70. The first kappa shape index (κ1) is 23.1. The summed E-state index contributed by atoms with van der Waals surface area (Å²) in [5.41, 5.74) is 6.14. The normalized spacial score (nSPS) is 11.1. The Hall–Kier alpha value is -2.54. The lowest BCUT2D eigenvalue weighted by atomic mass is 10.2. The number of carbonyl (C=O) groups excluding carboxylic acids is 1. The van der Waals surface area contributed by atoms with Crippen LogP contribution < -0.4 is 10.3 Å². The van der Waals surface area contributed by atoms with E-state index in [0.717, 1.165) is 35.6 Å². The minimum atomic E-state index is -0.247. The number of amides is 1. The molecule has 1 amide bonds. The molecule has 1 aromatic heterocycles. The van der Waals surface area contributed by atoms with Gasteiger partial charge in [-0.3, -0.25) is 4.79 Å². The second kappa shape index (κ2) is 11.7. The summed E-state index contributed by atoms with van der Waals surface area (Å²) in [4.78, 5) is 18.6. The quantitative estimate of drug-likeness (QED) is 0.262. The number of aromatic nitrogens is 2. The number of nitrogens with one attached hydrogen (secondary N) is 1. The highest BCUT2D eigenvalue weighted by Gasteiger charge is 2.06. The average Bonchev–Trinajstić information content (AvgIpc) is 3.23. The lowest BCUT2D eigenvalue weighted by molar-refractivity contribution is -0.121. The number of hydrazone groups is 1. The van der Waals surface area contributed by atoms with Crippen LogP contribution in [0.2, 0.25) is 5.02 Å². The molecule has 0 unspecified atom stereocenters. The van der Waals surface area contributed by atoms with Crippen LogP contribution in [0.1, 0.15) is 5.56 Å². The van der Waals surface area contributed by atoms with Gasteiger partial charge in [-0.25, -0.2) is 10.4 Å². The van der Waals surface area contributed by atoms with Gasteiger partial charge in [0.15, 0.2) is 0 Å². The number of hydrogen-bond acceptors (Lipinski definition) is 4. The SMILES string of the molecule is O=C(Cn1cnc(-c2ccc(Cl)cc2)c1)N/N=C\c1ccc(N(CCCl)CCCl)cc1. The molecule has 0 saturated carbocycles. The fourth-order valence-electron chi connectivity index (χ4n) is 2.94. The largest absolute Gasteiger partial charge is 0.369 e. The van der Waals surface area contributed by atoms with Crippen molar-refractivity contribution in [1.82, 2.24) is 15.0 Å². The molecule has 1 N–H and O–H groups in total. The minimum Gasteiger partial charge on any atom is -0.369 e.